The number of benzene rings is 1. The number of rotatable bonds is 5. The summed E-state index contributed by atoms with van der Waals surface area (Å²) in [4.78, 5) is 19.0. The number of aryl methyl sites for hydroxylation is 1. The number of nitrogens with zero attached hydrogens (tertiary/aromatic N) is 2. The van der Waals surface area contributed by atoms with Crippen LogP contribution in [-0.4, -0.2) is 33.7 Å². The van der Waals surface area contributed by atoms with Crippen molar-refractivity contribution in [2.24, 2.45) is 0 Å². The lowest BCUT2D eigenvalue weighted by atomic mass is 9.93. The van der Waals surface area contributed by atoms with E-state index >= 15 is 0 Å². The Morgan fingerprint density at radius 1 is 1.36 bits per heavy atom. The van der Waals surface area contributed by atoms with Crippen molar-refractivity contribution in [3.63, 3.8) is 0 Å². The highest BCUT2D eigenvalue weighted by molar-refractivity contribution is 5.68. The van der Waals surface area contributed by atoms with E-state index in [1.54, 1.807) is 11.8 Å². The minimum Gasteiger partial charge on any atom is -0.445 e. The van der Waals surface area contributed by atoms with Crippen LogP contribution in [0.3, 0.4) is 0 Å². The Labute approximate surface area is 166 Å². The van der Waals surface area contributed by atoms with Crippen LogP contribution in [0.5, 0.6) is 0 Å². The number of hydrogen-bond donors (Lipinski definition) is 1. The molecule has 6 nitrogen and oxygen atoms in total. The number of hydrogen-bond acceptors (Lipinski definition) is 5. The SMILES string of the molecule is CC[C@](C)(O)c1nc(C2CC[C@@H](C)N(C(=O)OCc3ccccc3)C2)oc1C. The average Bonchev–Trinajstić information content (AvgIpc) is 3.10. The second kappa shape index (κ2) is 8.35. The Morgan fingerprint density at radius 3 is 2.75 bits per heavy atom. The summed E-state index contributed by atoms with van der Waals surface area (Å²) < 4.78 is 11.4. The Morgan fingerprint density at radius 2 is 2.07 bits per heavy atom. The zero-order chi connectivity index (χ0) is 20.3. The van der Waals surface area contributed by atoms with Gasteiger partial charge in [-0.05, 0) is 45.6 Å². The minimum absolute atomic E-state index is 0.000538. The van der Waals surface area contributed by atoms with E-state index < -0.39 is 5.60 Å². The fourth-order valence-corrected chi connectivity index (χ4v) is 3.62. The van der Waals surface area contributed by atoms with Crippen LogP contribution in [0.15, 0.2) is 34.7 Å². The molecule has 2 aromatic rings. The largest absolute Gasteiger partial charge is 0.445 e. The summed E-state index contributed by atoms with van der Waals surface area (Å²) in [6, 6.07) is 9.77. The van der Waals surface area contributed by atoms with E-state index in [4.69, 9.17) is 9.15 Å². The van der Waals surface area contributed by atoms with E-state index in [1.165, 1.54) is 0 Å². The number of likely N-dealkylation sites (tertiary alicyclic amines) is 1. The molecule has 28 heavy (non-hydrogen) atoms. The van der Waals surface area contributed by atoms with E-state index in [9.17, 15) is 9.90 Å². The van der Waals surface area contributed by atoms with Crippen molar-refractivity contribution in [2.45, 2.75) is 71.1 Å². The quantitative estimate of drug-likeness (QED) is 0.818. The van der Waals surface area contributed by atoms with Crippen LogP contribution in [0.2, 0.25) is 0 Å². The maximum atomic E-state index is 12.6. The molecule has 1 aromatic carbocycles. The number of amides is 1. The highest BCUT2D eigenvalue weighted by atomic mass is 16.6. The van der Waals surface area contributed by atoms with Crippen molar-refractivity contribution in [2.75, 3.05) is 6.54 Å². The number of carbonyl (C=O) groups is 1. The van der Waals surface area contributed by atoms with Gasteiger partial charge in [0, 0.05) is 12.6 Å². The maximum Gasteiger partial charge on any atom is 0.410 e. The van der Waals surface area contributed by atoms with Crippen LogP contribution < -0.4 is 0 Å². The molecule has 1 N–H and O–H groups in total. The molecule has 0 radical (unpaired) electrons. The molecule has 1 aromatic heterocycles. The first-order chi connectivity index (χ1) is 13.3. The maximum absolute atomic E-state index is 12.6. The molecule has 152 valence electrons. The van der Waals surface area contributed by atoms with Gasteiger partial charge in [0.25, 0.3) is 0 Å². The number of aromatic nitrogens is 1. The highest BCUT2D eigenvalue weighted by Crippen LogP contribution is 2.34. The average molecular weight is 386 g/mol. The molecule has 0 saturated carbocycles. The van der Waals surface area contributed by atoms with Crippen LogP contribution in [-0.2, 0) is 16.9 Å². The highest BCUT2D eigenvalue weighted by Gasteiger charge is 2.35. The summed E-state index contributed by atoms with van der Waals surface area (Å²) >= 11 is 0. The Balaban J connectivity index is 1.69. The zero-order valence-electron chi connectivity index (χ0n) is 17.1. The number of carbonyl (C=O) groups excluding carboxylic acids is 1. The van der Waals surface area contributed by atoms with Crippen LogP contribution in [0.1, 0.15) is 68.9 Å². The molecule has 1 aliphatic heterocycles. The van der Waals surface area contributed by atoms with Crippen LogP contribution in [0, 0.1) is 6.92 Å². The predicted molar refractivity (Wildman–Crippen MR) is 106 cm³/mol. The summed E-state index contributed by atoms with van der Waals surface area (Å²) in [6.07, 6.45) is 1.98. The fraction of sp³-hybridized carbons (Fsp3) is 0.545. The first-order valence-electron chi connectivity index (χ1n) is 9.99. The van der Waals surface area contributed by atoms with Gasteiger partial charge in [0.05, 0.1) is 5.92 Å². The summed E-state index contributed by atoms with van der Waals surface area (Å²) in [5.41, 5.74) is 0.538. The van der Waals surface area contributed by atoms with E-state index in [-0.39, 0.29) is 24.7 Å². The smallest absolute Gasteiger partial charge is 0.410 e. The van der Waals surface area contributed by atoms with Gasteiger partial charge < -0.3 is 19.2 Å². The molecule has 1 aliphatic rings. The lowest BCUT2D eigenvalue weighted by molar-refractivity contribution is 0.0474. The van der Waals surface area contributed by atoms with Crippen molar-refractivity contribution in [3.05, 3.63) is 53.2 Å². The monoisotopic (exact) mass is 386 g/mol. The molecular weight excluding hydrogens is 356 g/mol. The van der Waals surface area contributed by atoms with Gasteiger partial charge in [-0.2, -0.15) is 0 Å². The second-order valence-electron chi connectivity index (χ2n) is 7.90. The van der Waals surface area contributed by atoms with Gasteiger partial charge in [-0.15, -0.1) is 0 Å². The van der Waals surface area contributed by atoms with Crippen LogP contribution >= 0.6 is 0 Å². The van der Waals surface area contributed by atoms with E-state index in [0.717, 1.165) is 18.4 Å². The predicted octanol–water partition coefficient (Wildman–Crippen LogP) is 4.51. The molecule has 1 unspecified atom stereocenters. The van der Waals surface area contributed by atoms with Crippen molar-refractivity contribution in [1.82, 2.24) is 9.88 Å². The molecule has 3 rings (SSSR count). The van der Waals surface area contributed by atoms with Crippen molar-refractivity contribution in [1.29, 1.82) is 0 Å². The molecule has 0 bridgehead atoms. The normalized spacial score (nSPS) is 22.0. The molecule has 3 atom stereocenters. The summed E-state index contributed by atoms with van der Waals surface area (Å²) in [7, 11) is 0. The summed E-state index contributed by atoms with van der Waals surface area (Å²) in [6.45, 7) is 8.29. The number of oxazole rings is 1. The Kier molecular flexibility index (Phi) is 6.08. The number of ether oxygens (including phenoxy) is 1. The van der Waals surface area contributed by atoms with Crippen LogP contribution in [0.4, 0.5) is 4.79 Å². The van der Waals surface area contributed by atoms with E-state index in [0.29, 0.717) is 30.3 Å². The third-order valence-electron chi connectivity index (χ3n) is 5.68. The van der Waals surface area contributed by atoms with Gasteiger partial charge >= 0.3 is 6.09 Å². The van der Waals surface area contributed by atoms with Crippen molar-refractivity contribution < 1.29 is 19.1 Å². The van der Waals surface area contributed by atoms with E-state index in [1.807, 2.05) is 51.1 Å². The van der Waals surface area contributed by atoms with Gasteiger partial charge in [0.2, 0.25) is 0 Å². The molecule has 1 saturated heterocycles. The van der Waals surface area contributed by atoms with Gasteiger partial charge in [-0.25, -0.2) is 9.78 Å². The lowest BCUT2D eigenvalue weighted by Crippen LogP contribution is -2.45. The van der Waals surface area contributed by atoms with Gasteiger partial charge in [0.15, 0.2) is 5.89 Å². The molecular formula is C22H30N2O4. The van der Waals surface area contributed by atoms with Gasteiger partial charge in [-0.1, -0.05) is 37.3 Å². The second-order valence-corrected chi connectivity index (χ2v) is 7.90. The molecule has 1 amide bonds. The number of aliphatic hydroxyl groups is 1. The Bertz CT molecular complexity index is 800. The van der Waals surface area contributed by atoms with Gasteiger partial charge in [-0.3, -0.25) is 0 Å². The fourth-order valence-electron chi connectivity index (χ4n) is 3.62. The first-order valence-corrected chi connectivity index (χ1v) is 9.99. The van der Waals surface area contributed by atoms with Crippen LogP contribution in [0.25, 0.3) is 0 Å². The number of piperidine rings is 1. The zero-order valence-corrected chi connectivity index (χ0v) is 17.1. The topological polar surface area (TPSA) is 75.8 Å². The lowest BCUT2D eigenvalue weighted by Gasteiger charge is -2.36. The van der Waals surface area contributed by atoms with E-state index in [2.05, 4.69) is 4.98 Å². The third kappa shape index (κ3) is 4.38. The first kappa shape index (κ1) is 20.4. The Hall–Kier alpha value is -2.34. The molecule has 0 spiro atoms. The summed E-state index contributed by atoms with van der Waals surface area (Å²) in [5, 5.41) is 10.5. The van der Waals surface area contributed by atoms with Crippen molar-refractivity contribution in [3.8, 4) is 0 Å². The van der Waals surface area contributed by atoms with Gasteiger partial charge in [0.1, 0.15) is 23.7 Å². The minimum atomic E-state index is -1.01. The molecule has 6 heteroatoms. The summed E-state index contributed by atoms with van der Waals surface area (Å²) in [5.74, 6) is 1.23. The van der Waals surface area contributed by atoms with Crippen molar-refractivity contribution >= 4 is 6.09 Å². The molecule has 1 fully saturated rings. The third-order valence-corrected chi connectivity index (χ3v) is 5.68. The standard InChI is InChI=1S/C22H30N2O4/c1-5-22(4,26)19-16(3)28-20(23-19)18-12-11-15(2)24(13-18)21(25)27-14-17-9-7-6-8-10-17/h6-10,15,18,26H,5,11-14H2,1-4H3/t15-,18?,22+/m1/s1. The molecule has 2 heterocycles. The molecule has 0 aliphatic carbocycles.